The molecular formula is C13H11Br2ClS. The van der Waals surface area contributed by atoms with E-state index in [1.807, 2.05) is 0 Å². The quantitative estimate of drug-likeness (QED) is 0.531. The van der Waals surface area contributed by atoms with Crippen LogP contribution in [-0.2, 0) is 0 Å². The van der Waals surface area contributed by atoms with Crippen molar-refractivity contribution in [2.75, 3.05) is 0 Å². The van der Waals surface area contributed by atoms with Crippen molar-refractivity contribution < 1.29 is 0 Å². The molecule has 0 spiro atoms. The Labute approximate surface area is 127 Å². The predicted octanol–water partition coefficient (Wildman–Crippen LogP) is 6.22. The number of hydrogen-bond acceptors (Lipinski definition) is 1. The Bertz CT molecular complexity index is 548. The number of benzene rings is 1. The van der Waals surface area contributed by atoms with E-state index >= 15 is 0 Å². The van der Waals surface area contributed by atoms with Gasteiger partial charge in [0.15, 0.2) is 0 Å². The van der Waals surface area contributed by atoms with E-state index in [0.29, 0.717) is 0 Å². The minimum absolute atomic E-state index is 0.105. The van der Waals surface area contributed by atoms with Crippen LogP contribution in [-0.4, -0.2) is 0 Å². The molecule has 0 radical (unpaired) electrons. The SMILES string of the molecule is Cc1ccc(C)c(C(Cl)c2cc(Br)sc2Br)c1. The van der Waals surface area contributed by atoms with Crippen LogP contribution in [0, 0.1) is 13.8 Å². The summed E-state index contributed by atoms with van der Waals surface area (Å²) in [5.41, 5.74) is 4.77. The molecule has 0 nitrogen and oxygen atoms in total. The molecule has 17 heavy (non-hydrogen) atoms. The van der Waals surface area contributed by atoms with Gasteiger partial charge < -0.3 is 0 Å². The minimum atomic E-state index is -0.105. The van der Waals surface area contributed by atoms with E-state index in [-0.39, 0.29) is 5.38 Å². The highest BCUT2D eigenvalue weighted by atomic mass is 79.9. The average Bonchev–Trinajstić information content (AvgIpc) is 2.60. The number of rotatable bonds is 2. The monoisotopic (exact) mass is 392 g/mol. The molecule has 0 saturated carbocycles. The van der Waals surface area contributed by atoms with E-state index in [2.05, 4.69) is 70.0 Å². The fourth-order valence-electron chi connectivity index (χ4n) is 1.73. The van der Waals surface area contributed by atoms with Crippen molar-refractivity contribution in [3.05, 3.63) is 54.1 Å². The summed E-state index contributed by atoms with van der Waals surface area (Å²) >= 11 is 15.3. The first-order valence-electron chi connectivity index (χ1n) is 5.15. The average molecular weight is 395 g/mol. The summed E-state index contributed by atoms with van der Waals surface area (Å²) in [6.07, 6.45) is 0. The molecule has 0 amide bonds. The summed E-state index contributed by atoms with van der Waals surface area (Å²) in [6, 6.07) is 8.47. The Morgan fingerprint density at radius 1 is 1.12 bits per heavy atom. The maximum Gasteiger partial charge on any atom is 0.0857 e. The van der Waals surface area contributed by atoms with Crippen LogP contribution in [0.3, 0.4) is 0 Å². The van der Waals surface area contributed by atoms with Crippen LogP contribution < -0.4 is 0 Å². The van der Waals surface area contributed by atoms with Crippen LogP contribution in [0.4, 0.5) is 0 Å². The second-order valence-corrected chi connectivity index (χ2v) is 8.19. The van der Waals surface area contributed by atoms with Crippen molar-refractivity contribution in [1.82, 2.24) is 0 Å². The molecule has 2 rings (SSSR count). The fraction of sp³-hybridized carbons (Fsp3) is 0.231. The molecule has 0 aliphatic heterocycles. The molecule has 1 unspecified atom stereocenters. The second kappa shape index (κ2) is 5.43. The number of hydrogen-bond donors (Lipinski definition) is 0. The van der Waals surface area contributed by atoms with Gasteiger partial charge in [-0.1, -0.05) is 23.8 Å². The number of alkyl halides is 1. The molecule has 4 heteroatoms. The van der Waals surface area contributed by atoms with Gasteiger partial charge in [0, 0.05) is 5.56 Å². The van der Waals surface area contributed by atoms with Gasteiger partial charge in [-0.15, -0.1) is 22.9 Å². The third kappa shape index (κ3) is 2.95. The van der Waals surface area contributed by atoms with Crippen molar-refractivity contribution in [3.8, 4) is 0 Å². The molecule has 1 atom stereocenters. The zero-order valence-corrected chi connectivity index (χ0v) is 14.2. The van der Waals surface area contributed by atoms with Crippen molar-refractivity contribution >= 4 is 54.8 Å². The molecule has 0 bridgehead atoms. The Morgan fingerprint density at radius 3 is 2.41 bits per heavy atom. The molecule has 2 aromatic rings. The number of halogens is 3. The van der Waals surface area contributed by atoms with Gasteiger partial charge in [-0.25, -0.2) is 0 Å². The molecule has 0 aliphatic carbocycles. The number of thiophene rings is 1. The smallest absolute Gasteiger partial charge is 0.0857 e. The molecule has 1 aromatic heterocycles. The Hall–Kier alpha value is 0.170. The van der Waals surface area contributed by atoms with E-state index in [4.69, 9.17) is 11.6 Å². The maximum absolute atomic E-state index is 6.58. The third-order valence-electron chi connectivity index (χ3n) is 2.66. The van der Waals surface area contributed by atoms with Gasteiger partial charge in [-0.3, -0.25) is 0 Å². The van der Waals surface area contributed by atoms with E-state index < -0.39 is 0 Å². The molecule has 0 fully saturated rings. The van der Waals surface area contributed by atoms with Crippen molar-refractivity contribution in [1.29, 1.82) is 0 Å². The van der Waals surface area contributed by atoms with Crippen LogP contribution in [0.5, 0.6) is 0 Å². The van der Waals surface area contributed by atoms with Gasteiger partial charge in [0.05, 0.1) is 12.9 Å². The van der Waals surface area contributed by atoms with Gasteiger partial charge in [0.25, 0.3) is 0 Å². The van der Waals surface area contributed by atoms with Gasteiger partial charge in [0.1, 0.15) is 0 Å². The van der Waals surface area contributed by atoms with Crippen molar-refractivity contribution in [2.24, 2.45) is 0 Å². The topological polar surface area (TPSA) is 0 Å². The first-order valence-corrected chi connectivity index (χ1v) is 7.99. The summed E-state index contributed by atoms with van der Waals surface area (Å²) in [5, 5.41) is -0.105. The highest BCUT2D eigenvalue weighted by Crippen LogP contribution is 2.41. The van der Waals surface area contributed by atoms with Crippen LogP contribution in [0.25, 0.3) is 0 Å². The summed E-state index contributed by atoms with van der Waals surface area (Å²) < 4.78 is 2.18. The summed E-state index contributed by atoms with van der Waals surface area (Å²) in [6.45, 7) is 4.19. The predicted molar refractivity (Wildman–Crippen MR) is 83.3 cm³/mol. The maximum atomic E-state index is 6.58. The van der Waals surface area contributed by atoms with Gasteiger partial charge >= 0.3 is 0 Å². The Kier molecular flexibility index (Phi) is 4.35. The first kappa shape index (κ1) is 13.6. The van der Waals surface area contributed by atoms with E-state index in [1.54, 1.807) is 11.3 Å². The van der Waals surface area contributed by atoms with Crippen molar-refractivity contribution in [3.63, 3.8) is 0 Å². The third-order valence-corrected chi connectivity index (χ3v) is 5.52. The Balaban J connectivity index is 2.46. The second-order valence-electron chi connectivity index (χ2n) is 4.00. The first-order chi connectivity index (χ1) is 7.99. The molecule has 90 valence electrons. The van der Waals surface area contributed by atoms with Crippen molar-refractivity contribution in [2.45, 2.75) is 19.2 Å². The molecule has 0 N–H and O–H groups in total. The van der Waals surface area contributed by atoms with Gasteiger partial charge in [0.2, 0.25) is 0 Å². The van der Waals surface area contributed by atoms with Gasteiger partial charge in [-0.05, 0) is 62.9 Å². The van der Waals surface area contributed by atoms with Crippen LogP contribution in [0.15, 0.2) is 31.8 Å². The zero-order chi connectivity index (χ0) is 12.6. The Morgan fingerprint density at radius 2 is 1.82 bits per heavy atom. The number of aryl methyl sites for hydroxylation is 2. The van der Waals surface area contributed by atoms with Gasteiger partial charge in [-0.2, -0.15) is 0 Å². The summed E-state index contributed by atoms with van der Waals surface area (Å²) in [5.74, 6) is 0. The van der Waals surface area contributed by atoms with Crippen LogP contribution in [0.1, 0.15) is 27.6 Å². The minimum Gasteiger partial charge on any atom is -0.121 e. The lowest BCUT2D eigenvalue weighted by Crippen LogP contribution is -1.96. The standard InChI is InChI=1S/C13H11Br2ClS/c1-7-3-4-8(2)9(5-7)12(16)10-6-11(14)17-13(10)15/h3-6,12H,1-2H3. The zero-order valence-electron chi connectivity index (χ0n) is 9.43. The lowest BCUT2D eigenvalue weighted by atomic mass is 10.00. The van der Waals surface area contributed by atoms with Crippen LogP contribution >= 0.6 is 54.8 Å². The molecule has 1 aromatic carbocycles. The fourth-order valence-corrected chi connectivity index (χ4v) is 5.23. The lowest BCUT2D eigenvalue weighted by molar-refractivity contribution is 1.11. The normalized spacial score (nSPS) is 12.8. The van der Waals surface area contributed by atoms with E-state index in [1.165, 1.54) is 16.7 Å². The van der Waals surface area contributed by atoms with E-state index in [0.717, 1.165) is 13.1 Å². The highest BCUT2D eigenvalue weighted by molar-refractivity contribution is 9.12. The largest absolute Gasteiger partial charge is 0.121 e. The van der Waals surface area contributed by atoms with Crippen LogP contribution in [0.2, 0.25) is 0 Å². The highest BCUT2D eigenvalue weighted by Gasteiger charge is 2.18. The summed E-state index contributed by atoms with van der Waals surface area (Å²) in [4.78, 5) is 0. The van der Waals surface area contributed by atoms with E-state index in [9.17, 15) is 0 Å². The molecular weight excluding hydrogens is 383 g/mol. The lowest BCUT2D eigenvalue weighted by Gasteiger charge is -2.13. The molecule has 0 aliphatic rings. The molecule has 1 heterocycles. The molecule has 0 saturated heterocycles. The summed E-state index contributed by atoms with van der Waals surface area (Å²) in [7, 11) is 0.